The van der Waals surface area contributed by atoms with Gasteiger partial charge < -0.3 is 10.2 Å². The quantitative estimate of drug-likeness (QED) is 0.279. The van der Waals surface area contributed by atoms with Crippen molar-refractivity contribution in [2.24, 2.45) is 0 Å². The third-order valence-corrected chi connectivity index (χ3v) is 9.48. The molecule has 10 heteroatoms. The van der Waals surface area contributed by atoms with Crippen LogP contribution in [-0.4, -0.2) is 50.0 Å². The summed E-state index contributed by atoms with van der Waals surface area (Å²) in [6.07, 6.45) is 5.20. The highest BCUT2D eigenvalue weighted by atomic mass is 35.5. The molecule has 0 radical (unpaired) electrons. The zero-order chi connectivity index (χ0) is 30.4. The van der Waals surface area contributed by atoms with Crippen molar-refractivity contribution in [2.45, 2.75) is 64.6 Å². The van der Waals surface area contributed by atoms with Crippen molar-refractivity contribution in [1.29, 1.82) is 0 Å². The molecule has 7 nitrogen and oxygen atoms in total. The maximum atomic E-state index is 14.3. The van der Waals surface area contributed by atoms with E-state index in [1.165, 1.54) is 4.90 Å². The SMILES string of the molecule is Cc1ccc(N(CC(=O)N(Cc2ccc(Cl)c(Cl)c2)[C@@H](Cc2ccccc2)C(=O)NC2CCCC2)S(C)(=O)=O)c(C)c1. The molecule has 1 atom stereocenters. The van der Waals surface area contributed by atoms with Gasteiger partial charge in [-0.1, -0.05) is 90.1 Å². The van der Waals surface area contributed by atoms with E-state index in [0.29, 0.717) is 21.3 Å². The molecular weight excluding hydrogens is 593 g/mol. The van der Waals surface area contributed by atoms with E-state index < -0.39 is 28.5 Å². The van der Waals surface area contributed by atoms with Crippen LogP contribution in [0.25, 0.3) is 0 Å². The predicted molar refractivity (Wildman–Crippen MR) is 169 cm³/mol. The molecule has 1 aliphatic carbocycles. The van der Waals surface area contributed by atoms with E-state index in [1.807, 2.05) is 56.3 Å². The summed E-state index contributed by atoms with van der Waals surface area (Å²) in [5.41, 5.74) is 3.67. The second-order valence-electron chi connectivity index (χ2n) is 11.0. The molecule has 0 spiro atoms. The second-order valence-corrected chi connectivity index (χ2v) is 13.7. The lowest BCUT2D eigenvalue weighted by atomic mass is 10.0. The van der Waals surface area contributed by atoms with Crippen molar-refractivity contribution >= 4 is 50.7 Å². The first kappa shape index (κ1) is 31.9. The highest BCUT2D eigenvalue weighted by Gasteiger charge is 2.34. The number of carbonyl (C=O) groups excluding carboxylic acids is 2. The second kappa shape index (κ2) is 13.9. The van der Waals surface area contributed by atoms with Crippen molar-refractivity contribution in [1.82, 2.24) is 10.2 Å². The van der Waals surface area contributed by atoms with Crippen molar-refractivity contribution < 1.29 is 18.0 Å². The van der Waals surface area contributed by atoms with Crippen LogP contribution in [0.4, 0.5) is 5.69 Å². The number of hydrogen-bond donors (Lipinski definition) is 1. The van der Waals surface area contributed by atoms with Gasteiger partial charge >= 0.3 is 0 Å². The minimum atomic E-state index is -3.84. The number of hydrogen-bond acceptors (Lipinski definition) is 4. The van der Waals surface area contributed by atoms with E-state index in [0.717, 1.165) is 52.9 Å². The van der Waals surface area contributed by atoms with E-state index in [-0.39, 0.29) is 24.9 Å². The average Bonchev–Trinajstić information content (AvgIpc) is 3.44. The highest BCUT2D eigenvalue weighted by molar-refractivity contribution is 7.92. The molecule has 1 saturated carbocycles. The zero-order valence-electron chi connectivity index (χ0n) is 24.1. The number of benzene rings is 3. The lowest BCUT2D eigenvalue weighted by Crippen LogP contribution is -2.54. The smallest absolute Gasteiger partial charge is 0.244 e. The molecule has 224 valence electrons. The summed E-state index contributed by atoms with van der Waals surface area (Å²) in [7, 11) is -3.84. The summed E-state index contributed by atoms with van der Waals surface area (Å²) in [6.45, 7) is 3.30. The number of sulfonamides is 1. The zero-order valence-corrected chi connectivity index (χ0v) is 26.5. The number of nitrogens with zero attached hydrogens (tertiary/aromatic N) is 2. The van der Waals surface area contributed by atoms with Crippen molar-refractivity contribution in [3.8, 4) is 0 Å². The normalized spacial score (nSPS) is 14.4. The third kappa shape index (κ3) is 8.27. The largest absolute Gasteiger partial charge is 0.352 e. The van der Waals surface area contributed by atoms with E-state index in [4.69, 9.17) is 23.2 Å². The minimum Gasteiger partial charge on any atom is -0.352 e. The van der Waals surface area contributed by atoms with E-state index in [2.05, 4.69) is 5.32 Å². The lowest BCUT2D eigenvalue weighted by Gasteiger charge is -2.34. The number of halogens is 2. The van der Waals surface area contributed by atoms with Gasteiger partial charge in [0.2, 0.25) is 21.8 Å². The van der Waals surface area contributed by atoms with Gasteiger partial charge in [-0.05, 0) is 61.6 Å². The fourth-order valence-electron chi connectivity index (χ4n) is 5.44. The minimum absolute atomic E-state index is 0.0375. The Labute approximate surface area is 258 Å². The number of rotatable bonds is 11. The Morgan fingerprint density at radius 2 is 1.62 bits per heavy atom. The molecule has 3 aromatic carbocycles. The van der Waals surface area contributed by atoms with E-state index in [1.54, 1.807) is 24.3 Å². The predicted octanol–water partition coefficient (Wildman–Crippen LogP) is 6.08. The van der Waals surface area contributed by atoms with Crippen LogP contribution in [0.2, 0.25) is 10.0 Å². The van der Waals surface area contributed by atoms with Crippen LogP contribution in [0.15, 0.2) is 66.7 Å². The summed E-state index contributed by atoms with van der Waals surface area (Å²) in [6, 6.07) is 19.1. The molecule has 0 bridgehead atoms. The summed E-state index contributed by atoms with van der Waals surface area (Å²) in [5, 5.41) is 3.85. The Morgan fingerprint density at radius 3 is 2.24 bits per heavy atom. The summed E-state index contributed by atoms with van der Waals surface area (Å²) >= 11 is 12.5. The molecule has 4 rings (SSSR count). The number of aryl methyl sites for hydroxylation is 2. The molecule has 2 amide bonds. The van der Waals surface area contributed by atoms with Gasteiger partial charge in [0.05, 0.1) is 22.0 Å². The van der Waals surface area contributed by atoms with Crippen LogP contribution in [-0.2, 0) is 32.6 Å². The van der Waals surface area contributed by atoms with Gasteiger partial charge in [-0.3, -0.25) is 13.9 Å². The van der Waals surface area contributed by atoms with Crippen molar-refractivity contribution in [2.75, 3.05) is 17.1 Å². The molecule has 1 aliphatic rings. The first-order valence-corrected chi connectivity index (χ1v) is 16.7. The van der Waals surface area contributed by atoms with Crippen LogP contribution in [0.3, 0.4) is 0 Å². The maximum absolute atomic E-state index is 14.3. The van der Waals surface area contributed by atoms with Gasteiger partial charge in [0, 0.05) is 19.0 Å². The Morgan fingerprint density at radius 1 is 0.929 bits per heavy atom. The van der Waals surface area contributed by atoms with Crippen molar-refractivity contribution in [3.05, 3.63) is 99.0 Å². The van der Waals surface area contributed by atoms with Gasteiger partial charge in [0.25, 0.3) is 0 Å². The molecule has 42 heavy (non-hydrogen) atoms. The molecule has 0 aromatic heterocycles. The molecule has 0 heterocycles. The van der Waals surface area contributed by atoms with Gasteiger partial charge in [0.1, 0.15) is 12.6 Å². The standard InChI is InChI=1S/C32H37Cl2N3O4S/c1-22-13-16-29(23(2)17-22)37(42(3,40)41)21-31(38)36(20-25-14-15-27(33)28(34)18-25)30(19-24-9-5-4-6-10-24)32(39)35-26-11-7-8-12-26/h4-6,9-10,13-18,26,30H,7-8,11-12,19-21H2,1-3H3,(H,35,39)/t30-/m0/s1. The maximum Gasteiger partial charge on any atom is 0.244 e. The molecule has 0 saturated heterocycles. The Bertz CT molecular complexity index is 1530. The first-order valence-electron chi connectivity index (χ1n) is 14.0. The Hall–Kier alpha value is -3.07. The highest BCUT2D eigenvalue weighted by Crippen LogP contribution is 2.27. The fourth-order valence-corrected chi connectivity index (χ4v) is 6.66. The van der Waals surface area contributed by atoms with Crippen LogP contribution in [0.1, 0.15) is 47.9 Å². The summed E-state index contributed by atoms with van der Waals surface area (Å²) in [5.74, 6) is -0.773. The summed E-state index contributed by atoms with van der Waals surface area (Å²) in [4.78, 5) is 29.7. The number of anilines is 1. The van der Waals surface area contributed by atoms with Crippen LogP contribution >= 0.6 is 23.2 Å². The fraction of sp³-hybridized carbons (Fsp3) is 0.375. The van der Waals surface area contributed by atoms with Gasteiger partial charge in [-0.15, -0.1) is 0 Å². The Balaban J connectivity index is 1.75. The molecule has 0 unspecified atom stereocenters. The molecular formula is C32H37Cl2N3O4S. The molecule has 1 fully saturated rings. The first-order chi connectivity index (χ1) is 19.9. The molecule has 1 N–H and O–H groups in total. The lowest BCUT2D eigenvalue weighted by molar-refractivity contribution is -0.140. The van der Waals surface area contributed by atoms with Crippen LogP contribution in [0.5, 0.6) is 0 Å². The number of nitrogens with one attached hydrogen (secondary N) is 1. The number of amides is 2. The van der Waals surface area contributed by atoms with Crippen LogP contribution < -0.4 is 9.62 Å². The molecule has 3 aromatic rings. The number of carbonyl (C=O) groups is 2. The van der Waals surface area contributed by atoms with E-state index >= 15 is 0 Å². The van der Waals surface area contributed by atoms with Gasteiger partial charge in [0.15, 0.2) is 0 Å². The topological polar surface area (TPSA) is 86.8 Å². The van der Waals surface area contributed by atoms with Crippen molar-refractivity contribution in [3.63, 3.8) is 0 Å². The average molecular weight is 631 g/mol. The van der Waals surface area contributed by atoms with Gasteiger partial charge in [-0.2, -0.15) is 0 Å². The third-order valence-electron chi connectivity index (χ3n) is 7.61. The monoisotopic (exact) mass is 629 g/mol. The van der Waals surface area contributed by atoms with Crippen LogP contribution in [0, 0.1) is 13.8 Å². The Kier molecular flexibility index (Phi) is 10.6. The summed E-state index contributed by atoms with van der Waals surface area (Å²) < 4.78 is 27.2. The van der Waals surface area contributed by atoms with E-state index in [9.17, 15) is 18.0 Å². The molecule has 0 aliphatic heterocycles. The van der Waals surface area contributed by atoms with Gasteiger partial charge in [-0.25, -0.2) is 8.42 Å².